The number of carbonyl (C=O) groups is 2. The first kappa shape index (κ1) is 19.6. The average Bonchev–Trinajstić information content (AvgIpc) is 2.73. The molecule has 0 unspecified atom stereocenters. The number of ether oxygens (including phenoxy) is 1. The van der Waals surface area contributed by atoms with Crippen molar-refractivity contribution in [2.45, 2.75) is 26.3 Å². The molecule has 3 heterocycles. The first-order valence-corrected chi connectivity index (χ1v) is 9.44. The molecule has 1 fully saturated rings. The lowest BCUT2D eigenvalue weighted by Crippen LogP contribution is -2.39. The van der Waals surface area contributed by atoms with E-state index in [0.717, 1.165) is 11.4 Å². The molecule has 0 spiro atoms. The molecule has 28 heavy (non-hydrogen) atoms. The highest BCUT2D eigenvalue weighted by atomic mass is 16.5. The van der Waals surface area contributed by atoms with Crippen LogP contribution in [0.15, 0.2) is 36.7 Å². The van der Waals surface area contributed by atoms with E-state index in [9.17, 15) is 9.59 Å². The Hall–Kier alpha value is -3.16. The van der Waals surface area contributed by atoms with E-state index in [1.807, 2.05) is 19.1 Å². The van der Waals surface area contributed by atoms with E-state index in [0.29, 0.717) is 44.8 Å². The second-order valence-corrected chi connectivity index (χ2v) is 6.62. The third-order valence-electron chi connectivity index (χ3n) is 4.79. The highest BCUT2D eigenvalue weighted by Crippen LogP contribution is 2.24. The zero-order chi connectivity index (χ0) is 19.9. The van der Waals surface area contributed by atoms with Crippen LogP contribution in [0.5, 0.6) is 5.75 Å². The van der Waals surface area contributed by atoms with Crippen LogP contribution in [0.4, 0.5) is 5.82 Å². The molecular formula is C20H25N5O3. The lowest BCUT2D eigenvalue weighted by molar-refractivity contribution is -0.122. The Bertz CT molecular complexity index is 834. The van der Waals surface area contributed by atoms with Crippen LogP contribution in [-0.4, -0.2) is 41.5 Å². The fourth-order valence-corrected chi connectivity index (χ4v) is 3.32. The molecule has 1 aliphatic heterocycles. The molecule has 2 aromatic heterocycles. The van der Waals surface area contributed by atoms with Gasteiger partial charge in [-0.1, -0.05) is 6.07 Å². The largest absolute Gasteiger partial charge is 0.491 e. The number of pyridine rings is 2. The van der Waals surface area contributed by atoms with E-state index in [2.05, 4.69) is 20.2 Å². The van der Waals surface area contributed by atoms with Crippen molar-refractivity contribution in [3.05, 3.63) is 47.9 Å². The summed E-state index contributed by atoms with van der Waals surface area (Å²) in [4.78, 5) is 34.7. The number of primary amides is 1. The van der Waals surface area contributed by atoms with Crippen molar-refractivity contribution in [2.24, 2.45) is 11.7 Å². The van der Waals surface area contributed by atoms with Crippen LogP contribution in [0.25, 0.3) is 0 Å². The molecule has 2 aromatic rings. The van der Waals surface area contributed by atoms with Crippen molar-refractivity contribution in [2.75, 3.05) is 24.6 Å². The molecule has 0 bridgehead atoms. The van der Waals surface area contributed by atoms with E-state index < -0.39 is 0 Å². The Morgan fingerprint density at radius 2 is 1.93 bits per heavy atom. The number of nitrogens with one attached hydrogen (secondary N) is 1. The van der Waals surface area contributed by atoms with Gasteiger partial charge in [0.05, 0.1) is 6.61 Å². The van der Waals surface area contributed by atoms with E-state index >= 15 is 0 Å². The molecule has 3 N–H and O–H groups in total. The summed E-state index contributed by atoms with van der Waals surface area (Å²) in [5, 5.41) is 2.90. The quantitative estimate of drug-likeness (QED) is 0.750. The fraction of sp³-hybridized carbons (Fsp3) is 0.400. The number of amides is 2. The zero-order valence-electron chi connectivity index (χ0n) is 15.9. The summed E-state index contributed by atoms with van der Waals surface area (Å²) in [5.41, 5.74) is 6.58. The van der Waals surface area contributed by atoms with Gasteiger partial charge in [-0.05, 0) is 38.0 Å². The van der Waals surface area contributed by atoms with Gasteiger partial charge in [-0.2, -0.15) is 0 Å². The molecule has 0 radical (unpaired) electrons. The second-order valence-electron chi connectivity index (χ2n) is 6.62. The van der Waals surface area contributed by atoms with Gasteiger partial charge in [-0.15, -0.1) is 0 Å². The van der Waals surface area contributed by atoms with Crippen molar-refractivity contribution in [3.63, 3.8) is 0 Å². The fourth-order valence-electron chi connectivity index (χ4n) is 3.32. The first-order chi connectivity index (χ1) is 13.6. The van der Waals surface area contributed by atoms with Crippen LogP contribution in [-0.2, 0) is 11.3 Å². The molecule has 0 aliphatic carbocycles. The summed E-state index contributed by atoms with van der Waals surface area (Å²) >= 11 is 0. The molecule has 0 saturated carbocycles. The number of nitrogens with two attached hydrogens (primary N) is 1. The maximum absolute atomic E-state index is 12.6. The zero-order valence-corrected chi connectivity index (χ0v) is 15.9. The summed E-state index contributed by atoms with van der Waals surface area (Å²) in [5.74, 6) is 0.656. The Morgan fingerprint density at radius 1 is 1.21 bits per heavy atom. The van der Waals surface area contributed by atoms with Gasteiger partial charge in [0, 0.05) is 43.5 Å². The standard InChI is InChI=1S/C20H25N5O3/c1-2-28-16-6-4-9-22-17(16)20(27)24-13-15-5-3-10-23-19(15)25-11-7-14(8-12-25)18(21)26/h3-6,9-10,14H,2,7-8,11-13H2,1H3,(H2,21,26)(H,24,27). The number of hydrogen-bond acceptors (Lipinski definition) is 6. The van der Waals surface area contributed by atoms with E-state index in [-0.39, 0.29) is 23.4 Å². The molecule has 3 rings (SSSR count). The Kier molecular flexibility index (Phi) is 6.41. The lowest BCUT2D eigenvalue weighted by Gasteiger charge is -2.32. The van der Waals surface area contributed by atoms with Gasteiger partial charge in [-0.3, -0.25) is 9.59 Å². The highest BCUT2D eigenvalue weighted by molar-refractivity contribution is 5.94. The molecule has 8 heteroatoms. The number of hydrogen-bond donors (Lipinski definition) is 2. The monoisotopic (exact) mass is 383 g/mol. The maximum Gasteiger partial charge on any atom is 0.274 e. The van der Waals surface area contributed by atoms with E-state index in [1.54, 1.807) is 24.5 Å². The molecule has 0 aromatic carbocycles. The van der Waals surface area contributed by atoms with Crippen molar-refractivity contribution in [1.82, 2.24) is 15.3 Å². The minimum absolute atomic E-state index is 0.0794. The van der Waals surface area contributed by atoms with Gasteiger partial charge in [0.2, 0.25) is 5.91 Å². The third-order valence-corrected chi connectivity index (χ3v) is 4.79. The van der Waals surface area contributed by atoms with Gasteiger partial charge >= 0.3 is 0 Å². The normalized spacial score (nSPS) is 14.5. The number of rotatable bonds is 7. The summed E-state index contributed by atoms with van der Waals surface area (Å²) in [6.07, 6.45) is 4.72. The molecule has 1 aliphatic rings. The molecule has 148 valence electrons. The van der Waals surface area contributed by atoms with Crippen LogP contribution in [0.3, 0.4) is 0 Å². The number of nitrogens with zero attached hydrogens (tertiary/aromatic N) is 3. The minimum Gasteiger partial charge on any atom is -0.491 e. The predicted octanol–water partition coefficient (Wildman–Crippen LogP) is 1.51. The number of carbonyl (C=O) groups excluding carboxylic acids is 2. The first-order valence-electron chi connectivity index (χ1n) is 9.44. The lowest BCUT2D eigenvalue weighted by atomic mass is 9.96. The van der Waals surface area contributed by atoms with Gasteiger partial charge in [0.15, 0.2) is 11.4 Å². The summed E-state index contributed by atoms with van der Waals surface area (Å²) in [7, 11) is 0. The summed E-state index contributed by atoms with van der Waals surface area (Å²) in [6, 6.07) is 7.23. The summed E-state index contributed by atoms with van der Waals surface area (Å²) in [6.45, 7) is 4.05. The predicted molar refractivity (Wildman–Crippen MR) is 105 cm³/mol. The average molecular weight is 383 g/mol. The van der Waals surface area contributed by atoms with E-state index in [1.165, 1.54) is 0 Å². The van der Waals surface area contributed by atoms with E-state index in [4.69, 9.17) is 10.5 Å². The molecular weight excluding hydrogens is 358 g/mol. The smallest absolute Gasteiger partial charge is 0.274 e. The van der Waals surface area contributed by atoms with Gasteiger partial charge < -0.3 is 20.7 Å². The van der Waals surface area contributed by atoms with Crippen molar-refractivity contribution >= 4 is 17.6 Å². The SMILES string of the molecule is CCOc1cccnc1C(=O)NCc1cccnc1N1CCC(C(N)=O)CC1. The van der Waals surface area contributed by atoms with Crippen LogP contribution in [0.2, 0.25) is 0 Å². The number of piperidine rings is 1. The molecule has 0 atom stereocenters. The molecule has 8 nitrogen and oxygen atoms in total. The topological polar surface area (TPSA) is 110 Å². The Balaban J connectivity index is 1.68. The molecule has 2 amide bonds. The van der Waals surface area contributed by atoms with Crippen molar-refractivity contribution < 1.29 is 14.3 Å². The minimum atomic E-state index is -0.300. The van der Waals surface area contributed by atoms with Crippen LogP contribution in [0, 0.1) is 5.92 Å². The van der Waals surface area contributed by atoms with Gasteiger partial charge in [0.25, 0.3) is 5.91 Å². The third kappa shape index (κ3) is 4.57. The van der Waals surface area contributed by atoms with Gasteiger partial charge in [-0.25, -0.2) is 9.97 Å². The molecule has 1 saturated heterocycles. The van der Waals surface area contributed by atoms with Gasteiger partial charge in [0.1, 0.15) is 5.82 Å². The van der Waals surface area contributed by atoms with Crippen LogP contribution < -0.4 is 20.7 Å². The maximum atomic E-state index is 12.6. The second kappa shape index (κ2) is 9.16. The number of aromatic nitrogens is 2. The van der Waals surface area contributed by atoms with Crippen LogP contribution in [0.1, 0.15) is 35.8 Å². The summed E-state index contributed by atoms with van der Waals surface area (Å²) < 4.78 is 5.48. The highest BCUT2D eigenvalue weighted by Gasteiger charge is 2.25. The van der Waals surface area contributed by atoms with Crippen LogP contribution >= 0.6 is 0 Å². The van der Waals surface area contributed by atoms with Crippen molar-refractivity contribution in [1.29, 1.82) is 0 Å². The van der Waals surface area contributed by atoms with Crippen molar-refractivity contribution in [3.8, 4) is 5.75 Å². The number of anilines is 1. The Morgan fingerprint density at radius 3 is 2.64 bits per heavy atom. The Labute approximate surface area is 164 Å².